The predicted molar refractivity (Wildman–Crippen MR) is 226 cm³/mol. The summed E-state index contributed by atoms with van der Waals surface area (Å²) in [5.41, 5.74) is -5.50. The number of aromatic nitrogens is 1. The van der Waals surface area contributed by atoms with Crippen LogP contribution in [0.15, 0.2) is 30.4 Å². The molecule has 1 spiro atoms. The topological polar surface area (TPSA) is 197 Å². The van der Waals surface area contributed by atoms with Gasteiger partial charge in [0.05, 0.1) is 37.1 Å². The van der Waals surface area contributed by atoms with Crippen LogP contribution in [0.25, 0.3) is 10.9 Å². The Morgan fingerprint density at radius 1 is 1.05 bits per heavy atom. The van der Waals surface area contributed by atoms with Crippen molar-refractivity contribution in [1.29, 1.82) is 0 Å². The van der Waals surface area contributed by atoms with Crippen LogP contribution in [-0.4, -0.2) is 130 Å². The van der Waals surface area contributed by atoms with E-state index in [2.05, 4.69) is 15.0 Å². The van der Waals surface area contributed by atoms with Crippen LogP contribution < -0.4 is 19.5 Å². The number of halogens is 3. The van der Waals surface area contributed by atoms with Crippen molar-refractivity contribution < 1.29 is 60.1 Å². The first-order valence-corrected chi connectivity index (χ1v) is 23.5. The highest BCUT2D eigenvalue weighted by Gasteiger charge is 2.64. The van der Waals surface area contributed by atoms with Crippen LogP contribution in [-0.2, 0) is 35.3 Å². The molecule has 1 aromatic carbocycles. The number of benzene rings is 1. The van der Waals surface area contributed by atoms with Crippen molar-refractivity contribution in [2.75, 3.05) is 40.0 Å². The summed E-state index contributed by atoms with van der Waals surface area (Å²) in [6.45, 7) is 7.33. The number of carbonyl (C=O) groups excluding carboxylic acids is 3. The van der Waals surface area contributed by atoms with E-state index < -0.39 is 103 Å². The first-order chi connectivity index (χ1) is 30.0. The van der Waals surface area contributed by atoms with Crippen molar-refractivity contribution in [2.45, 2.75) is 138 Å². The van der Waals surface area contributed by atoms with E-state index in [0.29, 0.717) is 76.0 Å². The van der Waals surface area contributed by atoms with Gasteiger partial charge < -0.3 is 29.5 Å². The van der Waals surface area contributed by atoms with Crippen LogP contribution in [0.1, 0.15) is 109 Å². The fraction of sp³-hybridized carbons (Fsp3) is 0.659. The van der Waals surface area contributed by atoms with Crippen LogP contribution in [0.3, 0.4) is 0 Å². The van der Waals surface area contributed by atoms with Gasteiger partial charge >= 0.3 is 12.3 Å². The van der Waals surface area contributed by atoms with Gasteiger partial charge in [0, 0.05) is 54.4 Å². The lowest BCUT2D eigenvalue weighted by atomic mass is 9.82. The lowest BCUT2D eigenvalue weighted by Crippen LogP contribution is -2.61. The number of amides is 4. The van der Waals surface area contributed by atoms with E-state index in [-0.39, 0.29) is 36.8 Å². The lowest BCUT2D eigenvalue weighted by Gasteiger charge is -2.46. The number of nitrogens with one attached hydrogen (secondary N) is 2. The summed E-state index contributed by atoms with van der Waals surface area (Å²) in [5, 5.41) is 13.8. The minimum Gasteiger partial charge on any atom is -0.497 e. The predicted octanol–water partition coefficient (Wildman–Crippen LogP) is 5.30. The van der Waals surface area contributed by atoms with Gasteiger partial charge in [-0.1, -0.05) is 25.0 Å². The van der Waals surface area contributed by atoms with Crippen LogP contribution in [0.2, 0.25) is 0 Å². The molecule has 0 bridgehead atoms. The van der Waals surface area contributed by atoms with Crippen LogP contribution in [0, 0.1) is 5.92 Å². The summed E-state index contributed by atoms with van der Waals surface area (Å²) in [4.78, 5) is 65.9. The van der Waals surface area contributed by atoms with E-state index in [1.54, 1.807) is 32.9 Å². The Hall–Kier alpha value is -4.69. The van der Waals surface area contributed by atoms with Crippen LogP contribution in [0.4, 0.5) is 18.0 Å². The summed E-state index contributed by atoms with van der Waals surface area (Å²) >= 11 is 0. The highest BCUT2D eigenvalue weighted by atomic mass is 32.2. The number of nitrogens with zero attached hydrogens (tertiary/aromatic N) is 4. The van der Waals surface area contributed by atoms with Gasteiger partial charge in [0.2, 0.25) is 21.8 Å². The molecule has 0 radical (unpaired) electrons. The Morgan fingerprint density at radius 2 is 1.75 bits per heavy atom. The monoisotopic (exact) mass is 918 g/mol. The molecule has 2 saturated heterocycles. The zero-order valence-corrected chi connectivity index (χ0v) is 37.6. The molecule has 16 nitrogen and oxygen atoms in total. The van der Waals surface area contributed by atoms with E-state index in [1.165, 1.54) is 31.1 Å². The molecule has 4 amide bonds. The van der Waals surface area contributed by atoms with Gasteiger partial charge in [0.25, 0.3) is 5.91 Å². The van der Waals surface area contributed by atoms with Crippen molar-refractivity contribution in [2.24, 2.45) is 5.92 Å². The molecule has 4 fully saturated rings. The van der Waals surface area contributed by atoms with E-state index in [4.69, 9.17) is 14.2 Å². The van der Waals surface area contributed by atoms with Gasteiger partial charge in [-0.15, -0.1) is 0 Å². The fourth-order valence-corrected chi connectivity index (χ4v) is 11.4. The summed E-state index contributed by atoms with van der Waals surface area (Å²) < 4.78 is 91.5. The molecule has 2 aliphatic carbocycles. The molecule has 64 heavy (non-hydrogen) atoms. The van der Waals surface area contributed by atoms with Gasteiger partial charge in [-0.2, -0.15) is 13.2 Å². The lowest BCUT2D eigenvalue weighted by molar-refractivity contribution is -0.146. The molecule has 8 rings (SSSR count). The van der Waals surface area contributed by atoms with Crippen molar-refractivity contribution >= 4 is 44.7 Å². The molecule has 6 atom stereocenters. The first-order valence-electron chi connectivity index (χ1n) is 22.0. The van der Waals surface area contributed by atoms with Crippen LogP contribution in [0.5, 0.6) is 11.5 Å². The molecule has 4 aliphatic heterocycles. The number of sulfonamides is 1. The van der Waals surface area contributed by atoms with Crippen molar-refractivity contribution in [3.63, 3.8) is 0 Å². The van der Waals surface area contributed by atoms with Crippen molar-refractivity contribution in [3.05, 3.63) is 41.6 Å². The third-order valence-electron chi connectivity index (χ3n) is 14.0. The molecule has 5 heterocycles. The number of hydrogen-bond acceptors (Lipinski definition) is 11. The smallest absolute Gasteiger partial charge is 0.437 e. The van der Waals surface area contributed by atoms with Crippen molar-refractivity contribution in [3.8, 4) is 11.5 Å². The summed E-state index contributed by atoms with van der Waals surface area (Å²) in [6, 6.07) is 1.01. The Bertz CT molecular complexity index is 2360. The second kappa shape index (κ2) is 16.3. The molecule has 2 saturated carbocycles. The molecular formula is C44H57F3N6O10S. The number of rotatable bonds is 6. The standard InChI is InChI=1S/C44H57F3N6O10S/c1-40(2,3)53(39(57)58)30-12-10-8-6-7-9-11-26-22-43(26,38(56)50-64(59,60)41(4)15-16-41)49-36(54)32-24-42(25-52(32)37(30)55)23-31(51-17-19-62-20-18-51)33-28-21-27(61-5)13-14-29(28)48-35(34(33)63-42)44(45,46)47/h9,11,13-14,21,26,30-32H,6-8,10,12,15-20,22-25H2,1-5H3,(H,49,54)(H,50,56)(H,57,58)/b11-9-/t26-,30+,31+,32+,42-,43-/m1/s1. The fourth-order valence-electron chi connectivity index (χ4n) is 10.1. The minimum atomic E-state index is -5.01. The van der Waals surface area contributed by atoms with Gasteiger partial charge in [0.1, 0.15) is 29.0 Å². The zero-order valence-electron chi connectivity index (χ0n) is 36.8. The van der Waals surface area contributed by atoms with E-state index >= 15 is 22.8 Å². The third-order valence-corrected chi connectivity index (χ3v) is 16.1. The molecular weight excluding hydrogens is 862 g/mol. The van der Waals surface area contributed by atoms with E-state index in [1.807, 2.05) is 11.0 Å². The Labute approximate surface area is 370 Å². The molecule has 1 aromatic heterocycles. The second-order valence-corrected chi connectivity index (χ2v) is 21.7. The highest BCUT2D eigenvalue weighted by Crippen LogP contribution is 2.54. The van der Waals surface area contributed by atoms with Crippen molar-refractivity contribution in [1.82, 2.24) is 29.7 Å². The second-order valence-electron chi connectivity index (χ2n) is 19.5. The first kappa shape index (κ1) is 45.9. The number of fused-ring (bicyclic) bond motifs is 5. The minimum absolute atomic E-state index is 0.00157. The van der Waals surface area contributed by atoms with E-state index in [0.717, 1.165) is 4.90 Å². The number of carboxylic acid groups (broad SMARTS) is 1. The summed E-state index contributed by atoms with van der Waals surface area (Å²) in [7, 11) is -2.70. The Morgan fingerprint density at radius 3 is 2.39 bits per heavy atom. The molecule has 3 N–H and O–H groups in total. The number of methoxy groups -OCH3 is 1. The summed E-state index contributed by atoms with van der Waals surface area (Å²) in [6.07, 6.45) is 0.0526. The number of ether oxygens (including phenoxy) is 3. The average Bonchev–Trinajstić information content (AvgIpc) is 4.12. The number of morpholine rings is 1. The Kier molecular flexibility index (Phi) is 11.7. The van der Waals surface area contributed by atoms with E-state index in [9.17, 15) is 23.1 Å². The van der Waals surface area contributed by atoms with Gasteiger partial charge in [0.15, 0.2) is 11.4 Å². The van der Waals surface area contributed by atoms with Crippen LogP contribution >= 0.6 is 0 Å². The third kappa shape index (κ3) is 8.37. The quantitative estimate of drug-likeness (QED) is 0.317. The maximum Gasteiger partial charge on any atom is 0.437 e. The Balaban J connectivity index is 1.26. The van der Waals surface area contributed by atoms with Gasteiger partial charge in [-0.25, -0.2) is 18.2 Å². The summed E-state index contributed by atoms with van der Waals surface area (Å²) in [5.74, 6) is -3.30. The molecule has 0 unspecified atom stereocenters. The number of hydrogen-bond donors (Lipinski definition) is 3. The zero-order chi connectivity index (χ0) is 46.2. The molecule has 6 aliphatic rings. The molecule has 2 aromatic rings. The molecule has 350 valence electrons. The van der Waals surface area contributed by atoms with Gasteiger partial charge in [-0.3, -0.25) is 28.9 Å². The average molecular weight is 919 g/mol. The number of pyridine rings is 1. The highest BCUT2D eigenvalue weighted by molar-refractivity contribution is 7.91. The SMILES string of the molecule is COc1ccc2nc(C(F)(F)F)c3c(c2c1)[C@@H](N1CCOCC1)C[C@]1(C[C@H]2C(=O)N[C@]4(C(=O)NS(=O)(=O)C5(C)CC5)C[C@H]4/C=C\CCCCC[C@H](N(C(=O)O)C(C)(C)C)C(=O)N2C1)O3. The maximum absolute atomic E-state index is 15.3. The number of alkyl halides is 3. The normalized spacial score (nSPS) is 30.4. The number of carbonyl (C=O) groups is 4. The largest absolute Gasteiger partial charge is 0.497 e. The van der Waals surface area contributed by atoms with Gasteiger partial charge in [-0.05, 0) is 84.4 Å². The number of allylic oxidation sites excluding steroid dienone is 1. The molecule has 20 heteroatoms. The maximum atomic E-state index is 15.3.